The normalized spacial score (nSPS) is 10.6. The van der Waals surface area contributed by atoms with E-state index < -0.39 is 0 Å². The van der Waals surface area contributed by atoms with Crippen molar-refractivity contribution in [2.75, 3.05) is 7.11 Å². The molecule has 0 aliphatic rings. The van der Waals surface area contributed by atoms with Crippen LogP contribution in [-0.2, 0) is 12.8 Å². The van der Waals surface area contributed by atoms with Gasteiger partial charge in [-0.1, -0.05) is 18.2 Å². The Hall–Kier alpha value is -2.82. The van der Waals surface area contributed by atoms with Crippen molar-refractivity contribution in [3.63, 3.8) is 0 Å². The number of methoxy groups -OCH3 is 1. The molecule has 0 aliphatic heterocycles. The number of benzene rings is 1. The number of rotatable bonds is 5. The number of nitrogens with zero attached hydrogens (tertiary/aromatic N) is 1. The average Bonchev–Trinajstić information content (AvgIpc) is 3.03. The van der Waals surface area contributed by atoms with Gasteiger partial charge < -0.3 is 14.7 Å². The summed E-state index contributed by atoms with van der Waals surface area (Å²) in [6.45, 7) is 0. The third-order valence-electron chi connectivity index (χ3n) is 3.49. The fourth-order valence-electron chi connectivity index (χ4n) is 2.36. The van der Waals surface area contributed by atoms with Gasteiger partial charge in [0.25, 0.3) is 5.56 Å². The van der Waals surface area contributed by atoms with Crippen LogP contribution in [0.1, 0.15) is 22.6 Å². The molecule has 5 nitrogen and oxygen atoms in total. The molecule has 0 saturated carbocycles. The lowest BCUT2D eigenvalue weighted by atomic mass is 10.1. The second-order valence-electron chi connectivity index (χ2n) is 5.08. The van der Waals surface area contributed by atoms with E-state index in [1.807, 2.05) is 36.4 Å². The van der Waals surface area contributed by atoms with Crippen molar-refractivity contribution in [3.8, 4) is 5.75 Å². The molecule has 3 aromatic rings. The maximum atomic E-state index is 12.2. The SMILES string of the molecule is COc1cccc(Cc2ccc(Cc3ncc[nH]3)c(=O)[nH]2)c1. The van der Waals surface area contributed by atoms with Crippen LogP contribution in [-0.4, -0.2) is 22.1 Å². The van der Waals surface area contributed by atoms with Crippen molar-refractivity contribution < 1.29 is 4.74 Å². The van der Waals surface area contributed by atoms with Gasteiger partial charge in [-0.2, -0.15) is 0 Å². The first-order valence-corrected chi connectivity index (χ1v) is 7.07. The Kier molecular flexibility index (Phi) is 4.05. The van der Waals surface area contributed by atoms with Crippen LogP contribution in [0.2, 0.25) is 0 Å². The van der Waals surface area contributed by atoms with E-state index >= 15 is 0 Å². The Morgan fingerprint density at radius 1 is 1.18 bits per heavy atom. The largest absolute Gasteiger partial charge is 0.497 e. The van der Waals surface area contributed by atoms with Crippen molar-refractivity contribution in [1.29, 1.82) is 0 Å². The molecule has 2 heterocycles. The maximum Gasteiger partial charge on any atom is 0.251 e. The predicted octanol–water partition coefficient (Wildman–Crippen LogP) is 2.29. The summed E-state index contributed by atoms with van der Waals surface area (Å²) in [6.07, 6.45) is 4.59. The lowest BCUT2D eigenvalue weighted by Crippen LogP contribution is -2.15. The molecule has 5 heteroatoms. The molecule has 0 fully saturated rings. The Bertz CT molecular complexity index is 807. The molecule has 0 unspecified atom stereocenters. The number of ether oxygens (including phenoxy) is 1. The molecule has 3 rings (SSSR count). The van der Waals surface area contributed by atoms with Gasteiger partial charge in [0.2, 0.25) is 0 Å². The smallest absolute Gasteiger partial charge is 0.251 e. The van der Waals surface area contributed by atoms with Gasteiger partial charge in [0.15, 0.2) is 0 Å². The molecule has 22 heavy (non-hydrogen) atoms. The third-order valence-corrected chi connectivity index (χ3v) is 3.49. The quantitative estimate of drug-likeness (QED) is 0.758. The highest BCUT2D eigenvalue weighted by molar-refractivity contribution is 5.31. The number of aromatic nitrogens is 3. The highest BCUT2D eigenvalue weighted by Gasteiger charge is 2.05. The van der Waals surface area contributed by atoms with Gasteiger partial charge in [-0.05, 0) is 23.8 Å². The molecular formula is C17H17N3O2. The minimum atomic E-state index is -0.0724. The fraction of sp³-hybridized carbons (Fsp3) is 0.176. The van der Waals surface area contributed by atoms with Crippen molar-refractivity contribution >= 4 is 0 Å². The number of pyridine rings is 1. The molecule has 0 aliphatic carbocycles. The van der Waals surface area contributed by atoms with Gasteiger partial charge in [-0.25, -0.2) is 4.98 Å². The van der Waals surface area contributed by atoms with Crippen LogP contribution >= 0.6 is 0 Å². The highest BCUT2D eigenvalue weighted by Crippen LogP contribution is 2.15. The van der Waals surface area contributed by atoms with Crippen LogP contribution in [0.4, 0.5) is 0 Å². The summed E-state index contributed by atoms with van der Waals surface area (Å²) in [5.41, 5.74) is 2.59. The maximum absolute atomic E-state index is 12.2. The summed E-state index contributed by atoms with van der Waals surface area (Å²) in [5.74, 6) is 1.60. The van der Waals surface area contributed by atoms with Crippen molar-refractivity contribution in [2.45, 2.75) is 12.8 Å². The molecular weight excluding hydrogens is 278 g/mol. The van der Waals surface area contributed by atoms with E-state index in [2.05, 4.69) is 15.0 Å². The molecule has 0 spiro atoms. The second kappa shape index (κ2) is 6.30. The predicted molar refractivity (Wildman–Crippen MR) is 84.3 cm³/mol. The number of imidazole rings is 1. The van der Waals surface area contributed by atoms with E-state index in [9.17, 15) is 4.79 Å². The van der Waals surface area contributed by atoms with Crippen molar-refractivity contribution in [2.24, 2.45) is 0 Å². The van der Waals surface area contributed by atoms with E-state index in [0.717, 1.165) is 22.8 Å². The first-order chi connectivity index (χ1) is 10.7. The van der Waals surface area contributed by atoms with Crippen LogP contribution in [0, 0.1) is 0 Å². The molecule has 2 aromatic heterocycles. The zero-order chi connectivity index (χ0) is 15.4. The second-order valence-corrected chi connectivity index (χ2v) is 5.08. The Labute approximate surface area is 128 Å². The third kappa shape index (κ3) is 3.25. The van der Waals surface area contributed by atoms with E-state index in [1.54, 1.807) is 19.5 Å². The van der Waals surface area contributed by atoms with Crippen LogP contribution in [0.25, 0.3) is 0 Å². The van der Waals surface area contributed by atoms with Gasteiger partial charge in [0, 0.05) is 36.5 Å². The van der Waals surface area contributed by atoms with Crippen molar-refractivity contribution in [1.82, 2.24) is 15.0 Å². The van der Waals surface area contributed by atoms with E-state index in [0.29, 0.717) is 18.4 Å². The van der Waals surface area contributed by atoms with E-state index in [4.69, 9.17) is 4.74 Å². The summed E-state index contributed by atoms with van der Waals surface area (Å²) >= 11 is 0. The number of aromatic amines is 2. The number of hydrogen-bond donors (Lipinski definition) is 2. The highest BCUT2D eigenvalue weighted by atomic mass is 16.5. The average molecular weight is 295 g/mol. The standard InChI is InChI=1S/C17H17N3O2/c1-22-15-4-2-3-12(10-15)9-14-6-5-13(17(21)20-14)11-16-18-7-8-19-16/h2-8,10H,9,11H2,1H3,(H,18,19)(H,20,21). The molecule has 0 radical (unpaired) electrons. The van der Waals surface area contributed by atoms with Crippen LogP contribution in [0.5, 0.6) is 5.75 Å². The minimum Gasteiger partial charge on any atom is -0.497 e. The monoisotopic (exact) mass is 295 g/mol. The van der Waals surface area contributed by atoms with Crippen molar-refractivity contribution in [3.05, 3.63) is 81.8 Å². The summed E-state index contributed by atoms with van der Waals surface area (Å²) in [7, 11) is 1.64. The molecule has 1 aromatic carbocycles. The lowest BCUT2D eigenvalue weighted by molar-refractivity contribution is 0.414. The fourth-order valence-corrected chi connectivity index (χ4v) is 2.36. The van der Waals surface area contributed by atoms with Gasteiger partial charge in [-0.15, -0.1) is 0 Å². The number of H-pyrrole nitrogens is 2. The molecule has 112 valence electrons. The van der Waals surface area contributed by atoms with Gasteiger partial charge in [-0.3, -0.25) is 4.79 Å². The summed E-state index contributed by atoms with van der Waals surface area (Å²) in [6, 6.07) is 11.6. The zero-order valence-electron chi connectivity index (χ0n) is 12.3. The van der Waals surface area contributed by atoms with Gasteiger partial charge >= 0.3 is 0 Å². The van der Waals surface area contributed by atoms with Crippen LogP contribution < -0.4 is 10.3 Å². The van der Waals surface area contributed by atoms with Crippen LogP contribution in [0.3, 0.4) is 0 Å². The lowest BCUT2D eigenvalue weighted by Gasteiger charge is -2.06. The molecule has 0 atom stereocenters. The van der Waals surface area contributed by atoms with Gasteiger partial charge in [0.05, 0.1) is 7.11 Å². The first-order valence-electron chi connectivity index (χ1n) is 7.07. The van der Waals surface area contributed by atoms with E-state index in [1.165, 1.54) is 0 Å². The topological polar surface area (TPSA) is 70.8 Å². The molecule has 0 amide bonds. The Balaban J connectivity index is 1.78. The summed E-state index contributed by atoms with van der Waals surface area (Å²) in [5, 5.41) is 0. The number of nitrogens with one attached hydrogen (secondary N) is 2. The molecule has 0 bridgehead atoms. The minimum absolute atomic E-state index is 0.0724. The molecule has 0 saturated heterocycles. The van der Waals surface area contributed by atoms with Crippen LogP contribution in [0.15, 0.2) is 53.6 Å². The zero-order valence-corrected chi connectivity index (χ0v) is 12.3. The molecule has 2 N–H and O–H groups in total. The first kappa shape index (κ1) is 14.1. The Morgan fingerprint density at radius 3 is 2.82 bits per heavy atom. The Morgan fingerprint density at radius 2 is 2.09 bits per heavy atom. The summed E-state index contributed by atoms with van der Waals surface area (Å²) in [4.78, 5) is 22.2. The summed E-state index contributed by atoms with van der Waals surface area (Å²) < 4.78 is 5.21. The van der Waals surface area contributed by atoms with Gasteiger partial charge in [0.1, 0.15) is 11.6 Å². The van der Waals surface area contributed by atoms with E-state index in [-0.39, 0.29) is 5.56 Å². The number of hydrogen-bond acceptors (Lipinski definition) is 3.